The van der Waals surface area contributed by atoms with Gasteiger partial charge in [0.1, 0.15) is 5.75 Å². The molecule has 0 fully saturated rings. The van der Waals surface area contributed by atoms with E-state index in [4.69, 9.17) is 9.84 Å². The van der Waals surface area contributed by atoms with Crippen LogP contribution in [0.3, 0.4) is 0 Å². The predicted molar refractivity (Wildman–Crippen MR) is 70.3 cm³/mol. The number of benzene rings is 1. The monoisotopic (exact) mass is 287 g/mol. The number of hydrogen-bond donors (Lipinski definition) is 1. The van der Waals surface area contributed by atoms with Crippen molar-refractivity contribution in [1.29, 1.82) is 0 Å². The lowest BCUT2D eigenvalue weighted by molar-refractivity contribution is 0.285. The summed E-state index contributed by atoms with van der Waals surface area (Å²) >= 11 is 3.45. The molecule has 0 radical (unpaired) electrons. The Bertz CT molecular complexity index is 331. The zero-order valence-corrected chi connectivity index (χ0v) is 11.3. The van der Waals surface area contributed by atoms with E-state index < -0.39 is 0 Å². The van der Waals surface area contributed by atoms with Crippen molar-refractivity contribution in [1.82, 2.24) is 0 Å². The fourth-order valence-electron chi connectivity index (χ4n) is 1.54. The van der Waals surface area contributed by atoms with Crippen LogP contribution in [-0.2, 0) is 0 Å². The molecular weight excluding hydrogens is 270 g/mol. The van der Waals surface area contributed by atoms with Crippen LogP contribution in [0.5, 0.6) is 5.75 Å². The first kappa shape index (κ1) is 13.3. The molecule has 16 heavy (non-hydrogen) atoms. The normalized spacial score (nSPS) is 10.2. The minimum atomic E-state index is 0.253. The molecular formula is C12H18BrNO2. The maximum Gasteiger partial charge on any atom is 0.142 e. The molecule has 0 unspecified atom stereocenters. The number of nitrogens with zero attached hydrogens (tertiary/aromatic N) is 1. The molecule has 90 valence electrons. The number of ether oxygens (including phenoxy) is 1. The molecule has 0 aromatic heterocycles. The highest BCUT2D eigenvalue weighted by atomic mass is 79.9. The molecule has 4 heteroatoms. The summed E-state index contributed by atoms with van der Waals surface area (Å²) in [5, 5.41) is 8.74. The van der Waals surface area contributed by atoms with Gasteiger partial charge in [0, 0.05) is 24.7 Å². The molecule has 1 aromatic carbocycles. The van der Waals surface area contributed by atoms with Gasteiger partial charge in [-0.15, -0.1) is 0 Å². The van der Waals surface area contributed by atoms with Crippen LogP contribution in [0.15, 0.2) is 22.7 Å². The van der Waals surface area contributed by atoms with Crippen molar-refractivity contribution in [2.75, 3.05) is 32.2 Å². The molecule has 0 saturated carbocycles. The summed E-state index contributed by atoms with van der Waals surface area (Å²) in [6, 6.07) is 5.95. The molecule has 0 aliphatic carbocycles. The number of anilines is 1. The van der Waals surface area contributed by atoms with Crippen LogP contribution in [0.25, 0.3) is 0 Å². The van der Waals surface area contributed by atoms with Crippen molar-refractivity contribution < 1.29 is 9.84 Å². The van der Waals surface area contributed by atoms with Crippen molar-refractivity contribution in [3.63, 3.8) is 0 Å². The highest BCUT2D eigenvalue weighted by Gasteiger charge is 2.08. The first-order valence-electron chi connectivity index (χ1n) is 5.34. The number of aliphatic hydroxyl groups is 1. The van der Waals surface area contributed by atoms with E-state index in [1.165, 1.54) is 0 Å². The Balaban J connectivity index is 2.72. The summed E-state index contributed by atoms with van der Waals surface area (Å²) in [6.07, 6.45) is 1.81. The standard InChI is InChI=1S/C12H18BrNO2/c1-14(7-3-4-8-15)11-9-10(13)5-6-12(11)16-2/h5-6,9,15H,3-4,7-8H2,1-2H3. The lowest BCUT2D eigenvalue weighted by Crippen LogP contribution is -2.19. The number of methoxy groups -OCH3 is 1. The van der Waals surface area contributed by atoms with Gasteiger partial charge in [0.2, 0.25) is 0 Å². The number of halogens is 1. The average molecular weight is 288 g/mol. The molecule has 0 aliphatic rings. The molecule has 3 nitrogen and oxygen atoms in total. The summed E-state index contributed by atoms with van der Waals surface area (Å²) in [6.45, 7) is 1.16. The highest BCUT2D eigenvalue weighted by molar-refractivity contribution is 9.10. The second-order valence-corrected chi connectivity index (χ2v) is 4.58. The van der Waals surface area contributed by atoms with Gasteiger partial charge in [-0.3, -0.25) is 0 Å². The summed E-state index contributed by atoms with van der Waals surface area (Å²) in [5.41, 5.74) is 1.06. The molecule has 0 aliphatic heterocycles. The van der Waals surface area contributed by atoms with Crippen LogP contribution in [0.1, 0.15) is 12.8 Å². The van der Waals surface area contributed by atoms with Gasteiger partial charge in [-0.2, -0.15) is 0 Å². The van der Waals surface area contributed by atoms with Crippen LogP contribution >= 0.6 is 15.9 Å². The minimum absolute atomic E-state index is 0.253. The Morgan fingerprint density at radius 3 is 2.75 bits per heavy atom. The smallest absolute Gasteiger partial charge is 0.142 e. The molecule has 0 bridgehead atoms. The number of unbranched alkanes of at least 4 members (excludes halogenated alkanes) is 1. The van der Waals surface area contributed by atoms with Crippen LogP contribution in [0.2, 0.25) is 0 Å². The Kier molecular flexibility index (Phi) is 5.63. The lowest BCUT2D eigenvalue weighted by Gasteiger charge is -2.21. The topological polar surface area (TPSA) is 32.7 Å². The van der Waals surface area contributed by atoms with Crippen LogP contribution in [0, 0.1) is 0 Å². The van der Waals surface area contributed by atoms with Crippen molar-refractivity contribution in [3.8, 4) is 5.75 Å². The fourth-order valence-corrected chi connectivity index (χ4v) is 1.89. The number of aliphatic hydroxyl groups excluding tert-OH is 1. The number of rotatable bonds is 6. The Hall–Kier alpha value is -0.740. The number of hydrogen-bond acceptors (Lipinski definition) is 3. The maximum atomic E-state index is 8.74. The Morgan fingerprint density at radius 2 is 2.12 bits per heavy atom. The zero-order valence-electron chi connectivity index (χ0n) is 9.74. The van der Waals surface area contributed by atoms with E-state index in [1.807, 2.05) is 25.2 Å². The largest absolute Gasteiger partial charge is 0.495 e. The van der Waals surface area contributed by atoms with E-state index in [2.05, 4.69) is 20.8 Å². The second kappa shape index (κ2) is 6.76. The van der Waals surface area contributed by atoms with Crippen molar-refractivity contribution >= 4 is 21.6 Å². The third-order valence-electron chi connectivity index (χ3n) is 2.45. The average Bonchev–Trinajstić information content (AvgIpc) is 2.29. The van der Waals surface area contributed by atoms with Crippen LogP contribution in [-0.4, -0.2) is 32.4 Å². The van der Waals surface area contributed by atoms with Crippen LogP contribution < -0.4 is 9.64 Å². The van der Waals surface area contributed by atoms with E-state index in [-0.39, 0.29) is 6.61 Å². The van der Waals surface area contributed by atoms with Gasteiger partial charge >= 0.3 is 0 Å². The van der Waals surface area contributed by atoms with E-state index in [0.717, 1.165) is 35.3 Å². The summed E-state index contributed by atoms with van der Waals surface area (Å²) in [5.74, 6) is 0.870. The third kappa shape index (κ3) is 3.68. The molecule has 1 N–H and O–H groups in total. The van der Waals surface area contributed by atoms with Gasteiger partial charge in [0.15, 0.2) is 0 Å². The summed E-state index contributed by atoms with van der Waals surface area (Å²) < 4.78 is 6.36. The third-order valence-corrected chi connectivity index (χ3v) is 2.95. The van der Waals surface area contributed by atoms with Crippen molar-refractivity contribution in [3.05, 3.63) is 22.7 Å². The second-order valence-electron chi connectivity index (χ2n) is 3.67. The molecule has 0 heterocycles. The Labute approximate surface area is 105 Å². The maximum absolute atomic E-state index is 8.74. The quantitative estimate of drug-likeness (QED) is 0.817. The molecule has 1 rings (SSSR count). The van der Waals surface area contributed by atoms with Gasteiger partial charge in [-0.1, -0.05) is 15.9 Å². The van der Waals surface area contributed by atoms with Gasteiger partial charge < -0.3 is 14.7 Å². The van der Waals surface area contributed by atoms with Gasteiger partial charge in [0.25, 0.3) is 0 Å². The van der Waals surface area contributed by atoms with Crippen molar-refractivity contribution in [2.24, 2.45) is 0 Å². The van der Waals surface area contributed by atoms with Crippen LogP contribution in [0.4, 0.5) is 5.69 Å². The molecule has 1 aromatic rings. The summed E-state index contributed by atoms with van der Waals surface area (Å²) in [7, 11) is 3.70. The van der Waals surface area contributed by atoms with E-state index in [1.54, 1.807) is 7.11 Å². The first-order chi connectivity index (χ1) is 7.69. The molecule has 0 spiro atoms. The van der Waals surface area contributed by atoms with E-state index in [0.29, 0.717) is 0 Å². The summed E-state index contributed by atoms with van der Waals surface area (Å²) in [4.78, 5) is 2.14. The lowest BCUT2D eigenvalue weighted by atomic mass is 10.2. The molecule has 0 saturated heterocycles. The Morgan fingerprint density at radius 1 is 1.38 bits per heavy atom. The first-order valence-corrected chi connectivity index (χ1v) is 6.14. The minimum Gasteiger partial charge on any atom is -0.495 e. The van der Waals surface area contributed by atoms with Crippen molar-refractivity contribution in [2.45, 2.75) is 12.8 Å². The van der Waals surface area contributed by atoms with Gasteiger partial charge in [0.05, 0.1) is 12.8 Å². The SMILES string of the molecule is COc1ccc(Br)cc1N(C)CCCCO. The van der Waals surface area contributed by atoms with Gasteiger partial charge in [-0.25, -0.2) is 0 Å². The molecule has 0 amide bonds. The predicted octanol–water partition coefficient (Wildman–Crippen LogP) is 2.67. The molecule has 0 atom stereocenters. The fraction of sp³-hybridized carbons (Fsp3) is 0.500. The van der Waals surface area contributed by atoms with E-state index >= 15 is 0 Å². The van der Waals surface area contributed by atoms with Gasteiger partial charge in [-0.05, 0) is 31.0 Å². The van der Waals surface area contributed by atoms with E-state index in [9.17, 15) is 0 Å². The zero-order chi connectivity index (χ0) is 12.0. The highest BCUT2D eigenvalue weighted by Crippen LogP contribution is 2.30.